The van der Waals surface area contributed by atoms with Gasteiger partial charge in [-0.3, -0.25) is 19.3 Å². The summed E-state index contributed by atoms with van der Waals surface area (Å²) in [7, 11) is 1.58. The lowest BCUT2D eigenvalue weighted by Gasteiger charge is -2.06. The largest absolute Gasteiger partial charge is 0.497 e. The molecule has 0 fully saturated rings. The molecule has 9 nitrogen and oxygen atoms in total. The number of thiazole rings is 1. The van der Waals surface area contributed by atoms with Gasteiger partial charge in [0.15, 0.2) is 4.96 Å². The molecule has 0 atom stereocenters. The van der Waals surface area contributed by atoms with Crippen molar-refractivity contribution in [3.8, 4) is 23.1 Å². The fraction of sp³-hybridized carbons (Fsp3) is 0.0500. The molecule has 0 saturated carbocycles. The maximum Gasteiger partial charge on any atom is 0.273 e. The van der Waals surface area contributed by atoms with E-state index in [4.69, 9.17) is 4.74 Å². The van der Waals surface area contributed by atoms with E-state index < -0.39 is 10.8 Å². The van der Waals surface area contributed by atoms with Crippen LogP contribution in [0.5, 0.6) is 5.75 Å². The monoisotopic (exact) mass is 419 g/mol. The van der Waals surface area contributed by atoms with Crippen LogP contribution in [0, 0.1) is 21.4 Å². The number of benzene rings is 2. The van der Waals surface area contributed by atoms with E-state index in [-0.39, 0.29) is 16.9 Å². The highest BCUT2D eigenvalue weighted by Gasteiger charge is 2.18. The van der Waals surface area contributed by atoms with Gasteiger partial charge in [-0.2, -0.15) is 5.26 Å². The van der Waals surface area contributed by atoms with Crippen molar-refractivity contribution in [2.24, 2.45) is 0 Å². The molecule has 30 heavy (non-hydrogen) atoms. The van der Waals surface area contributed by atoms with E-state index in [2.05, 4.69) is 10.3 Å². The van der Waals surface area contributed by atoms with E-state index in [1.807, 2.05) is 30.3 Å². The Hall–Kier alpha value is -4.23. The van der Waals surface area contributed by atoms with Gasteiger partial charge in [0.2, 0.25) is 0 Å². The molecule has 4 rings (SSSR count). The first kappa shape index (κ1) is 19.1. The number of aromatic nitrogens is 2. The average molecular weight is 419 g/mol. The number of non-ortho nitro benzene ring substituents is 1. The van der Waals surface area contributed by atoms with E-state index in [0.29, 0.717) is 22.1 Å². The number of nitrogens with one attached hydrogen (secondary N) is 1. The first-order chi connectivity index (χ1) is 14.5. The lowest BCUT2D eigenvalue weighted by atomic mass is 10.1. The van der Waals surface area contributed by atoms with Crippen molar-refractivity contribution in [2.75, 3.05) is 12.4 Å². The van der Waals surface area contributed by atoms with E-state index in [1.165, 1.54) is 23.5 Å². The second-order valence-electron chi connectivity index (χ2n) is 6.18. The van der Waals surface area contributed by atoms with Gasteiger partial charge in [-0.05, 0) is 18.2 Å². The quantitative estimate of drug-likeness (QED) is 0.384. The fourth-order valence-electron chi connectivity index (χ4n) is 2.90. The molecule has 0 aliphatic carbocycles. The van der Waals surface area contributed by atoms with Crippen molar-refractivity contribution in [1.82, 2.24) is 9.38 Å². The average Bonchev–Trinajstić information content (AvgIpc) is 3.34. The number of imidazole rings is 1. The van der Waals surface area contributed by atoms with Gasteiger partial charge >= 0.3 is 0 Å². The van der Waals surface area contributed by atoms with Crippen LogP contribution in [0.1, 0.15) is 16.1 Å². The third-order valence-corrected chi connectivity index (χ3v) is 5.23. The number of nitro groups is 1. The molecule has 0 aliphatic rings. The molecule has 2 aromatic heterocycles. The van der Waals surface area contributed by atoms with Gasteiger partial charge in [0, 0.05) is 29.3 Å². The number of nitro benzene ring substituents is 1. The standard InChI is InChI=1S/C20H13N5O4S/c1-29-15-4-2-3-12(8-15)17-10-24-18(11-30-20(24)23-17)19(26)22-16-6-5-14(25(27)28)7-13(16)9-21/h2-8,10-11H,1H3,(H,22,26). The second kappa shape index (κ2) is 7.65. The van der Waals surface area contributed by atoms with Gasteiger partial charge < -0.3 is 10.1 Å². The molecule has 0 spiro atoms. The number of amides is 1. The van der Waals surface area contributed by atoms with Crippen molar-refractivity contribution in [2.45, 2.75) is 0 Å². The summed E-state index contributed by atoms with van der Waals surface area (Å²) in [5.74, 6) is 0.241. The van der Waals surface area contributed by atoms with Crippen LogP contribution in [0.25, 0.3) is 16.2 Å². The van der Waals surface area contributed by atoms with Gasteiger partial charge in [0.05, 0.1) is 29.0 Å². The summed E-state index contributed by atoms with van der Waals surface area (Å²) in [6.45, 7) is 0. The molecule has 1 N–H and O–H groups in total. The van der Waals surface area contributed by atoms with E-state index >= 15 is 0 Å². The highest BCUT2D eigenvalue weighted by molar-refractivity contribution is 7.15. The van der Waals surface area contributed by atoms with Gasteiger partial charge in [-0.1, -0.05) is 12.1 Å². The minimum absolute atomic E-state index is 0.00623. The van der Waals surface area contributed by atoms with Crippen LogP contribution in [0.4, 0.5) is 11.4 Å². The van der Waals surface area contributed by atoms with Gasteiger partial charge in [-0.15, -0.1) is 11.3 Å². The number of hydrogen-bond acceptors (Lipinski definition) is 7. The summed E-state index contributed by atoms with van der Waals surface area (Å²) in [6, 6.07) is 13.0. The Balaban J connectivity index is 1.65. The van der Waals surface area contributed by atoms with Crippen LogP contribution >= 0.6 is 11.3 Å². The van der Waals surface area contributed by atoms with Gasteiger partial charge in [0.1, 0.15) is 17.5 Å². The summed E-state index contributed by atoms with van der Waals surface area (Å²) in [6.07, 6.45) is 1.75. The first-order valence-electron chi connectivity index (χ1n) is 8.61. The summed E-state index contributed by atoms with van der Waals surface area (Å²) in [5.41, 5.74) is 1.84. The summed E-state index contributed by atoms with van der Waals surface area (Å²) < 4.78 is 6.90. The Bertz CT molecular complexity index is 1330. The van der Waals surface area contributed by atoms with Crippen molar-refractivity contribution in [1.29, 1.82) is 5.26 Å². The number of methoxy groups -OCH3 is 1. The number of nitriles is 1. The molecular weight excluding hydrogens is 406 g/mol. The molecule has 4 aromatic rings. The Morgan fingerprint density at radius 3 is 2.90 bits per heavy atom. The van der Waals surface area contributed by atoms with Crippen molar-refractivity contribution in [3.05, 3.63) is 75.4 Å². The predicted octanol–water partition coefficient (Wildman–Crippen LogP) is 4.10. The van der Waals surface area contributed by atoms with Crippen LogP contribution in [0.3, 0.4) is 0 Å². The maximum atomic E-state index is 12.8. The molecule has 148 valence electrons. The fourth-order valence-corrected chi connectivity index (χ4v) is 3.76. The Morgan fingerprint density at radius 1 is 1.33 bits per heavy atom. The number of carbonyl (C=O) groups is 1. The molecule has 2 aromatic carbocycles. The molecule has 0 aliphatic heterocycles. The highest BCUT2D eigenvalue weighted by atomic mass is 32.1. The number of hydrogen-bond donors (Lipinski definition) is 1. The van der Waals surface area contributed by atoms with Crippen molar-refractivity contribution >= 4 is 33.6 Å². The van der Waals surface area contributed by atoms with E-state index in [1.54, 1.807) is 23.1 Å². The number of nitrogens with zero attached hydrogens (tertiary/aromatic N) is 4. The van der Waals surface area contributed by atoms with Crippen LogP contribution in [-0.4, -0.2) is 27.3 Å². The Labute approximate surface area is 173 Å². The maximum absolute atomic E-state index is 12.8. The van der Waals surface area contributed by atoms with Crippen LogP contribution in [0.15, 0.2) is 54.0 Å². The number of carbonyl (C=O) groups excluding carboxylic acids is 1. The van der Waals surface area contributed by atoms with Crippen LogP contribution in [0.2, 0.25) is 0 Å². The van der Waals surface area contributed by atoms with Gasteiger partial charge in [0.25, 0.3) is 11.6 Å². The zero-order chi connectivity index (χ0) is 21.3. The molecule has 0 unspecified atom stereocenters. The third-order valence-electron chi connectivity index (χ3n) is 4.39. The Kier molecular flexibility index (Phi) is 4.87. The lowest BCUT2D eigenvalue weighted by Crippen LogP contribution is -2.14. The topological polar surface area (TPSA) is 123 Å². The third kappa shape index (κ3) is 3.45. The molecule has 0 radical (unpaired) electrons. The zero-order valence-electron chi connectivity index (χ0n) is 15.5. The zero-order valence-corrected chi connectivity index (χ0v) is 16.3. The summed E-state index contributed by atoms with van der Waals surface area (Å²) in [4.78, 5) is 28.3. The van der Waals surface area contributed by atoms with Crippen molar-refractivity contribution in [3.63, 3.8) is 0 Å². The molecular formula is C20H13N5O4S. The number of ether oxygens (including phenoxy) is 1. The van der Waals surface area contributed by atoms with E-state index in [9.17, 15) is 20.2 Å². The molecule has 0 saturated heterocycles. The smallest absolute Gasteiger partial charge is 0.273 e. The molecule has 2 heterocycles. The molecule has 1 amide bonds. The summed E-state index contributed by atoms with van der Waals surface area (Å²) in [5, 5.41) is 24.5. The molecule has 10 heteroatoms. The SMILES string of the molecule is COc1cccc(-c2cn3c(C(=O)Nc4ccc([N+](=O)[O-])cc4C#N)csc3n2)c1. The van der Waals surface area contributed by atoms with E-state index in [0.717, 1.165) is 11.6 Å². The predicted molar refractivity (Wildman–Crippen MR) is 111 cm³/mol. The van der Waals surface area contributed by atoms with Crippen LogP contribution < -0.4 is 10.1 Å². The summed E-state index contributed by atoms with van der Waals surface area (Å²) >= 11 is 1.30. The van der Waals surface area contributed by atoms with Crippen molar-refractivity contribution < 1.29 is 14.5 Å². The minimum atomic E-state index is -0.597. The second-order valence-corrected chi connectivity index (χ2v) is 7.02. The number of fused-ring (bicyclic) bond motifs is 1. The van der Waals surface area contributed by atoms with Gasteiger partial charge in [-0.25, -0.2) is 4.98 Å². The Morgan fingerprint density at radius 2 is 2.17 bits per heavy atom. The number of rotatable bonds is 5. The normalized spacial score (nSPS) is 10.5. The van der Waals surface area contributed by atoms with Crippen LogP contribution in [-0.2, 0) is 0 Å². The first-order valence-corrected chi connectivity index (χ1v) is 9.49. The highest BCUT2D eigenvalue weighted by Crippen LogP contribution is 2.27. The minimum Gasteiger partial charge on any atom is -0.497 e. The molecule has 0 bridgehead atoms. The lowest BCUT2D eigenvalue weighted by molar-refractivity contribution is -0.384. The number of anilines is 1.